The molecule has 2 fully saturated rings. The number of rotatable bonds is 8. The number of epoxide rings is 1. The predicted octanol–water partition coefficient (Wildman–Crippen LogP) is 7.61. The third-order valence-corrected chi connectivity index (χ3v) is 9.09. The van der Waals surface area contributed by atoms with Crippen LogP contribution >= 0.6 is 0 Å². The predicted molar refractivity (Wildman–Crippen MR) is 159 cm³/mol. The molecule has 0 radical (unpaired) electrons. The molecule has 2 aromatic carbocycles. The third-order valence-electron chi connectivity index (χ3n) is 9.09. The van der Waals surface area contributed by atoms with Crippen molar-refractivity contribution >= 4 is 5.97 Å². The van der Waals surface area contributed by atoms with Gasteiger partial charge in [0, 0.05) is 0 Å². The summed E-state index contributed by atoms with van der Waals surface area (Å²) in [5, 5.41) is 0. The molecule has 40 heavy (non-hydrogen) atoms. The molecule has 1 saturated carbocycles. The summed E-state index contributed by atoms with van der Waals surface area (Å²) in [6, 6.07) is 20.8. The Morgan fingerprint density at radius 1 is 0.850 bits per heavy atom. The molecule has 1 saturated heterocycles. The summed E-state index contributed by atoms with van der Waals surface area (Å²) < 4.78 is 24.9. The van der Waals surface area contributed by atoms with E-state index in [-0.39, 0.29) is 42.2 Å². The molecule has 1 aliphatic heterocycles. The van der Waals surface area contributed by atoms with Crippen LogP contribution in [0.2, 0.25) is 0 Å². The molecule has 0 bridgehead atoms. The Bertz CT molecular complexity index is 1010. The highest BCUT2D eigenvalue weighted by atomic mass is 16.6. The van der Waals surface area contributed by atoms with E-state index in [0.29, 0.717) is 37.4 Å². The molecule has 8 atom stereocenters. The van der Waals surface area contributed by atoms with E-state index in [1.165, 1.54) is 25.5 Å². The van der Waals surface area contributed by atoms with Crippen molar-refractivity contribution in [3.8, 4) is 0 Å². The van der Waals surface area contributed by atoms with E-state index in [4.69, 9.17) is 18.9 Å². The van der Waals surface area contributed by atoms with Gasteiger partial charge in [0.1, 0.15) is 0 Å². The fourth-order valence-corrected chi connectivity index (χ4v) is 6.46. The minimum atomic E-state index is -0.326. The van der Waals surface area contributed by atoms with Gasteiger partial charge in [-0.25, -0.2) is 0 Å². The molecule has 0 amide bonds. The van der Waals surface area contributed by atoms with Crippen molar-refractivity contribution in [3.05, 3.63) is 71.8 Å². The van der Waals surface area contributed by atoms with Gasteiger partial charge in [-0.2, -0.15) is 0 Å². The summed E-state index contributed by atoms with van der Waals surface area (Å²) in [6.45, 7) is 10.3. The molecule has 220 valence electrons. The van der Waals surface area contributed by atoms with Crippen LogP contribution in [-0.2, 0) is 37.0 Å². The van der Waals surface area contributed by atoms with Gasteiger partial charge in [0.05, 0.1) is 50.7 Å². The van der Waals surface area contributed by atoms with Crippen molar-refractivity contribution in [1.82, 2.24) is 0 Å². The molecule has 0 aromatic heterocycles. The second-order valence-corrected chi connectivity index (χ2v) is 12.6. The van der Waals surface area contributed by atoms with E-state index in [1.807, 2.05) is 24.3 Å². The van der Waals surface area contributed by atoms with E-state index in [0.717, 1.165) is 24.8 Å². The van der Waals surface area contributed by atoms with E-state index < -0.39 is 0 Å². The normalized spacial score (nSPS) is 31.6. The van der Waals surface area contributed by atoms with Gasteiger partial charge in [-0.3, -0.25) is 4.79 Å². The van der Waals surface area contributed by atoms with Gasteiger partial charge in [0.2, 0.25) is 0 Å². The van der Waals surface area contributed by atoms with Crippen LogP contribution in [0, 0.1) is 29.6 Å². The Morgan fingerprint density at radius 2 is 1.45 bits per heavy atom. The molecule has 2 aromatic rings. The van der Waals surface area contributed by atoms with Crippen LogP contribution in [0.1, 0.15) is 77.3 Å². The lowest BCUT2D eigenvalue weighted by atomic mass is 9.77. The van der Waals surface area contributed by atoms with Gasteiger partial charge >= 0.3 is 5.97 Å². The fourth-order valence-electron chi connectivity index (χ4n) is 6.46. The standard InChI is InChI=1S/C35H50O5/c1-24(2)29-20-31(38-22-27-15-8-6-9-16-27)26(4)14-12-13-25(3)19-33-34(40-33)30(35(36)37-5)21-32(29)39-23-28-17-10-7-11-18-28/h6-11,15-18,24-26,29-34H,12-14,19-23H2,1-5H3/t25-,26+,29-,30?,31+,32-,33?,34?/m1/s1. The van der Waals surface area contributed by atoms with Gasteiger partial charge in [0.25, 0.3) is 0 Å². The average Bonchev–Trinajstić information content (AvgIpc) is 3.72. The molecule has 0 spiro atoms. The summed E-state index contributed by atoms with van der Waals surface area (Å²) in [7, 11) is 1.49. The summed E-state index contributed by atoms with van der Waals surface area (Å²) in [6.07, 6.45) is 5.99. The summed E-state index contributed by atoms with van der Waals surface area (Å²) in [5.41, 5.74) is 2.34. The average molecular weight is 551 g/mol. The summed E-state index contributed by atoms with van der Waals surface area (Å²) in [5.74, 6) is 1.05. The van der Waals surface area contributed by atoms with Crippen molar-refractivity contribution < 1.29 is 23.7 Å². The molecule has 5 heteroatoms. The Labute approximate surface area is 241 Å². The smallest absolute Gasteiger partial charge is 0.311 e. The van der Waals surface area contributed by atoms with Gasteiger partial charge in [0.15, 0.2) is 0 Å². The number of benzene rings is 2. The number of carbonyl (C=O) groups is 1. The zero-order chi connectivity index (χ0) is 28.5. The topological polar surface area (TPSA) is 57.3 Å². The van der Waals surface area contributed by atoms with Gasteiger partial charge in [-0.15, -0.1) is 0 Å². The number of carbonyl (C=O) groups excluding carboxylic acids is 1. The van der Waals surface area contributed by atoms with Crippen molar-refractivity contribution in [2.75, 3.05) is 7.11 Å². The number of methoxy groups -OCH3 is 1. The number of esters is 1. The van der Waals surface area contributed by atoms with E-state index >= 15 is 0 Å². The molecular formula is C35H50O5. The maximum Gasteiger partial charge on any atom is 0.311 e. The number of hydrogen-bond donors (Lipinski definition) is 0. The Balaban J connectivity index is 1.61. The van der Waals surface area contributed by atoms with Crippen molar-refractivity contribution in [2.24, 2.45) is 29.6 Å². The van der Waals surface area contributed by atoms with Crippen LogP contribution in [0.15, 0.2) is 60.7 Å². The third kappa shape index (κ3) is 8.89. The van der Waals surface area contributed by atoms with Gasteiger partial charge < -0.3 is 18.9 Å². The molecule has 1 aliphatic carbocycles. The molecule has 5 nitrogen and oxygen atoms in total. The first-order valence-electron chi connectivity index (χ1n) is 15.4. The van der Waals surface area contributed by atoms with Crippen LogP contribution < -0.4 is 0 Å². The monoisotopic (exact) mass is 550 g/mol. The highest BCUT2D eigenvalue weighted by Crippen LogP contribution is 2.41. The molecule has 0 N–H and O–H groups in total. The number of ether oxygens (including phenoxy) is 4. The zero-order valence-corrected chi connectivity index (χ0v) is 25.2. The van der Waals surface area contributed by atoms with Gasteiger partial charge in [-0.05, 0) is 60.5 Å². The minimum absolute atomic E-state index is 0.0856. The summed E-state index contributed by atoms with van der Waals surface area (Å²) in [4.78, 5) is 13.1. The van der Waals surface area contributed by atoms with Crippen molar-refractivity contribution in [1.29, 1.82) is 0 Å². The van der Waals surface area contributed by atoms with Crippen molar-refractivity contribution in [3.63, 3.8) is 0 Å². The molecule has 2 aliphatic rings. The Hall–Kier alpha value is -2.21. The van der Waals surface area contributed by atoms with Crippen LogP contribution in [-0.4, -0.2) is 37.5 Å². The minimum Gasteiger partial charge on any atom is -0.469 e. The van der Waals surface area contributed by atoms with Crippen molar-refractivity contribution in [2.45, 2.75) is 104 Å². The first-order valence-corrected chi connectivity index (χ1v) is 15.4. The fraction of sp³-hybridized carbons (Fsp3) is 0.629. The van der Waals surface area contributed by atoms with E-state index in [1.54, 1.807) is 0 Å². The lowest BCUT2D eigenvalue weighted by molar-refractivity contribution is -0.149. The first kappa shape index (κ1) is 30.7. The quantitative estimate of drug-likeness (QED) is 0.250. The number of fused-ring (bicyclic) bond motifs is 1. The highest BCUT2D eigenvalue weighted by Gasteiger charge is 2.50. The molecule has 1 heterocycles. The van der Waals surface area contributed by atoms with E-state index in [9.17, 15) is 4.79 Å². The Morgan fingerprint density at radius 3 is 2.02 bits per heavy atom. The molecule has 4 rings (SSSR count). The zero-order valence-electron chi connectivity index (χ0n) is 25.2. The largest absolute Gasteiger partial charge is 0.469 e. The Kier molecular flexibility index (Phi) is 11.6. The SMILES string of the molecule is COC(=O)C1C[C@@H](OCc2ccccc2)[C@@H](C(C)C)C[C@H](OCc2ccccc2)[C@@H](C)CCC[C@@H](C)CC2OC21. The van der Waals surface area contributed by atoms with E-state index in [2.05, 4.69) is 64.1 Å². The highest BCUT2D eigenvalue weighted by molar-refractivity contribution is 5.73. The molecular weight excluding hydrogens is 500 g/mol. The second-order valence-electron chi connectivity index (χ2n) is 12.6. The maximum atomic E-state index is 13.1. The lowest BCUT2D eigenvalue weighted by Gasteiger charge is -2.36. The second kappa shape index (κ2) is 15.1. The van der Waals surface area contributed by atoms with Crippen LogP contribution in [0.25, 0.3) is 0 Å². The maximum absolute atomic E-state index is 13.1. The lowest BCUT2D eigenvalue weighted by Crippen LogP contribution is -2.38. The van der Waals surface area contributed by atoms with Crippen LogP contribution in [0.3, 0.4) is 0 Å². The van der Waals surface area contributed by atoms with Crippen LogP contribution in [0.5, 0.6) is 0 Å². The number of hydrogen-bond acceptors (Lipinski definition) is 5. The summed E-state index contributed by atoms with van der Waals surface area (Å²) >= 11 is 0. The molecule has 3 unspecified atom stereocenters. The van der Waals surface area contributed by atoms with Gasteiger partial charge in [-0.1, -0.05) is 101 Å². The van der Waals surface area contributed by atoms with Crippen LogP contribution in [0.4, 0.5) is 0 Å². The first-order chi connectivity index (χ1) is 19.4.